The normalized spacial score (nSPS) is 10.3. The number of hydrogen-bond donors (Lipinski definition) is 2. The molecule has 0 aliphatic carbocycles. The number of aromatic nitrogens is 1. The van der Waals surface area contributed by atoms with E-state index in [1.807, 2.05) is 13.0 Å². The molecule has 1 heterocycles. The van der Waals surface area contributed by atoms with Crippen LogP contribution in [0.3, 0.4) is 0 Å². The van der Waals surface area contributed by atoms with E-state index < -0.39 is 0 Å². The lowest BCUT2D eigenvalue weighted by Crippen LogP contribution is -2.25. The van der Waals surface area contributed by atoms with Gasteiger partial charge in [0.1, 0.15) is 0 Å². The Kier molecular flexibility index (Phi) is 6.89. The number of amides is 1. The number of unbranched alkanes of at least 4 members (excludes halogenated alkanes) is 2. The predicted octanol–water partition coefficient (Wildman–Crippen LogP) is 1.98. The van der Waals surface area contributed by atoms with E-state index in [1.165, 1.54) is 0 Å². The van der Waals surface area contributed by atoms with Gasteiger partial charge in [-0.15, -0.1) is 0 Å². The van der Waals surface area contributed by atoms with Crippen LogP contribution in [0.15, 0.2) is 12.3 Å². The van der Waals surface area contributed by atoms with Crippen LogP contribution >= 0.6 is 0 Å². The minimum Gasteiger partial charge on any atom is -0.387 e. The molecule has 1 aromatic rings. The summed E-state index contributed by atoms with van der Waals surface area (Å²) in [6.45, 7) is 3.36. The van der Waals surface area contributed by atoms with Crippen LogP contribution < -0.4 is 10.6 Å². The largest absolute Gasteiger partial charge is 0.387 e. The Labute approximate surface area is 114 Å². The van der Waals surface area contributed by atoms with Crippen molar-refractivity contribution >= 4 is 11.6 Å². The molecular weight excluding hydrogens is 242 g/mol. The number of carbonyl (C=O) groups is 1. The van der Waals surface area contributed by atoms with Gasteiger partial charge in [-0.25, -0.2) is 0 Å². The van der Waals surface area contributed by atoms with Gasteiger partial charge in [0.15, 0.2) is 0 Å². The second-order valence-electron chi connectivity index (χ2n) is 4.43. The second-order valence-corrected chi connectivity index (χ2v) is 4.43. The van der Waals surface area contributed by atoms with Crippen LogP contribution in [0, 0.1) is 6.92 Å². The van der Waals surface area contributed by atoms with E-state index in [9.17, 15) is 4.79 Å². The molecule has 0 atom stereocenters. The molecule has 0 saturated carbocycles. The molecule has 0 aromatic carbocycles. The Bertz CT molecular complexity index is 408. The van der Waals surface area contributed by atoms with Gasteiger partial charge in [-0.05, 0) is 32.3 Å². The van der Waals surface area contributed by atoms with Crippen LogP contribution in [-0.2, 0) is 4.74 Å². The number of nitrogens with zero attached hydrogens (tertiary/aromatic N) is 1. The minimum atomic E-state index is -0.0800. The van der Waals surface area contributed by atoms with Crippen molar-refractivity contribution in [2.75, 3.05) is 32.6 Å². The van der Waals surface area contributed by atoms with Gasteiger partial charge in [0, 0.05) is 39.2 Å². The van der Waals surface area contributed by atoms with E-state index in [0.29, 0.717) is 12.1 Å². The first-order valence-corrected chi connectivity index (χ1v) is 6.60. The van der Waals surface area contributed by atoms with E-state index in [4.69, 9.17) is 4.74 Å². The molecule has 0 bridgehead atoms. The Balaban J connectivity index is 2.41. The maximum atomic E-state index is 12.0. The van der Waals surface area contributed by atoms with Crippen LogP contribution in [-0.4, -0.2) is 38.2 Å². The van der Waals surface area contributed by atoms with Crippen LogP contribution in [0.5, 0.6) is 0 Å². The first-order valence-electron chi connectivity index (χ1n) is 6.60. The summed E-state index contributed by atoms with van der Waals surface area (Å²) in [4.78, 5) is 16.2. The molecule has 1 aromatic heterocycles. The molecule has 0 saturated heterocycles. The topological polar surface area (TPSA) is 63.2 Å². The number of methoxy groups -OCH3 is 1. The van der Waals surface area contributed by atoms with Crippen LogP contribution in [0.2, 0.25) is 0 Å². The van der Waals surface area contributed by atoms with E-state index >= 15 is 0 Å². The second kappa shape index (κ2) is 8.48. The highest BCUT2D eigenvalue weighted by Gasteiger charge is 2.10. The molecule has 0 aliphatic rings. The third kappa shape index (κ3) is 5.26. The van der Waals surface area contributed by atoms with Crippen LogP contribution in [0.4, 0.5) is 5.69 Å². The third-order valence-electron chi connectivity index (χ3n) is 2.87. The number of nitrogens with one attached hydrogen (secondary N) is 2. The summed E-state index contributed by atoms with van der Waals surface area (Å²) in [7, 11) is 3.50. The zero-order valence-electron chi connectivity index (χ0n) is 12.0. The lowest BCUT2D eigenvalue weighted by atomic mass is 10.2. The molecule has 0 radical (unpaired) electrons. The van der Waals surface area contributed by atoms with Crippen LogP contribution in [0.1, 0.15) is 35.3 Å². The Morgan fingerprint density at radius 1 is 1.37 bits per heavy atom. The first kappa shape index (κ1) is 15.4. The van der Waals surface area contributed by atoms with Gasteiger partial charge < -0.3 is 15.4 Å². The molecule has 1 rings (SSSR count). The number of hydrogen-bond acceptors (Lipinski definition) is 4. The van der Waals surface area contributed by atoms with Crippen LogP contribution in [0.25, 0.3) is 0 Å². The Morgan fingerprint density at radius 2 is 2.16 bits per heavy atom. The number of rotatable bonds is 8. The van der Waals surface area contributed by atoms with Gasteiger partial charge in [-0.1, -0.05) is 0 Å². The monoisotopic (exact) mass is 265 g/mol. The van der Waals surface area contributed by atoms with E-state index in [1.54, 1.807) is 20.4 Å². The maximum absolute atomic E-state index is 12.0. The molecule has 0 spiro atoms. The summed E-state index contributed by atoms with van der Waals surface area (Å²) in [5.41, 5.74) is 2.29. The molecule has 5 heteroatoms. The van der Waals surface area contributed by atoms with E-state index in [0.717, 1.165) is 37.3 Å². The maximum Gasteiger partial charge on any atom is 0.254 e. The van der Waals surface area contributed by atoms with E-state index in [-0.39, 0.29) is 5.91 Å². The SMILES string of the molecule is CNc1cc(C)ncc1C(=O)NCCCCCOC. The molecule has 1 amide bonds. The summed E-state index contributed by atoms with van der Waals surface area (Å²) < 4.78 is 4.98. The lowest BCUT2D eigenvalue weighted by molar-refractivity contribution is 0.0953. The number of anilines is 1. The van der Waals surface area contributed by atoms with E-state index in [2.05, 4.69) is 15.6 Å². The zero-order valence-corrected chi connectivity index (χ0v) is 12.0. The van der Waals surface area contributed by atoms with Gasteiger partial charge in [-0.2, -0.15) is 0 Å². The summed E-state index contributed by atoms with van der Waals surface area (Å²) in [5, 5.41) is 5.93. The molecule has 5 nitrogen and oxygen atoms in total. The Morgan fingerprint density at radius 3 is 2.84 bits per heavy atom. The smallest absolute Gasteiger partial charge is 0.254 e. The summed E-state index contributed by atoms with van der Waals surface area (Å²) >= 11 is 0. The van der Waals surface area contributed by atoms with Crippen molar-refractivity contribution in [2.24, 2.45) is 0 Å². The van der Waals surface area contributed by atoms with Gasteiger partial charge in [0.05, 0.1) is 11.3 Å². The molecule has 0 fully saturated rings. The van der Waals surface area contributed by atoms with Gasteiger partial charge in [0.2, 0.25) is 0 Å². The quantitative estimate of drug-likeness (QED) is 0.705. The lowest BCUT2D eigenvalue weighted by Gasteiger charge is -2.10. The fraction of sp³-hybridized carbons (Fsp3) is 0.571. The first-order chi connectivity index (χ1) is 9.19. The molecule has 2 N–H and O–H groups in total. The molecule has 19 heavy (non-hydrogen) atoms. The highest BCUT2D eigenvalue weighted by Crippen LogP contribution is 2.14. The van der Waals surface area contributed by atoms with Gasteiger partial charge in [0.25, 0.3) is 5.91 Å². The van der Waals surface area contributed by atoms with Gasteiger partial charge in [-0.3, -0.25) is 9.78 Å². The fourth-order valence-electron chi connectivity index (χ4n) is 1.79. The molecule has 106 valence electrons. The fourth-order valence-corrected chi connectivity index (χ4v) is 1.79. The van der Waals surface area contributed by atoms with Crippen molar-refractivity contribution in [1.29, 1.82) is 0 Å². The highest BCUT2D eigenvalue weighted by atomic mass is 16.5. The van der Waals surface area contributed by atoms with Crippen molar-refractivity contribution < 1.29 is 9.53 Å². The predicted molar refractivity (Wildman–Crippen MR) is 76.6 cm³/mol. The zero-order chi connectivity index (χ0) is 14.1. The minimum absolute atomic E-state index is 0.0800. The molecule has 0 aliphatic heterocycles. The summed E-state index contributed by atoms with van der Waals surface area (Å²) in [6, 6.07) is 1.87. The summed E-state index contributed by atoms with van der Waals surface area (Å²) in [6.07, 6.45) is 4.66. The number of carbonyl (C=O) groups excluding carboxylic acids is 1. The van der Waals surface area contributed by atoms with Crippen molar-refractivity contribution in [1.82, 2.24) is 10.3 Å². The number of aryl methyl sites for hydroxylation is 1. The van der Waals surface area contributed by atoms with Crippen molar-refractivity contribution in [3.05, 3.63) is 23.5 Å². The van der Waals surface area contributed by atoms with Crippen molar-refractivity contribution in [3.63, 3.8) is 0 Å². The average molecular weight is 265 g/mol. The molecule has 0 unspecified atom stereocenters. The Hall–Kier alpha value is -1.62. The number of pyridine rings is 1. The standard InChI is InChI=1S/C14H23N3O2/c1-11-9-13(15-2)12(10-17-11)14(18)16-7-5-4-6-8-19-3/h9-10H,4-8H2,1-3H3,(H,15,17)(H,16,18). The average Bonchev–Trinajstić information content (AvgIpc) is 2.42. The summed E-state index contributed by atoms with van der Waals surface area (Å²) in [5.74, 6) is -0.0800. The third-order valence-corrected chi connectivity index (χ3v) is 2.87. The molecular formula is C14H23N3O2. The van der Waals surface area contributed by atoms with Crippen molar-refractivity contribution in [3.8, 4) is 0 Å². The van der Waals surface area contributed by atoms with Gasteiger partial charge >= 0.3 is 0 Å². The number of ether oxygens (including phenoxy) is 1. The highest BCUT2D eigenvalue weighted by molar-refractivity contribution is 5.99. The van der Waals surface area contributed by atoms with Crippen molar-refractivity contribution in [2.45, 2.75) is 26.2 Å².